The average molecular weight is 331 g/mol. The molecule has 0 aliphatic rings. The van der Waals surface area contributed by atoms with Gasteiger partial charge in [-0.2, -0.15) is 0 Å². The van der Waals surface area contributed by atoms with E-state index in [9.17, 15) is 4.79 Å². The van der Waals surface area contributed by atoms with Crippen molar-refractivity contribution in [2.75, 3.05) is 25.2 Å². The molecule has 0 aromatic heterocycles. The summed E-state index contributed by atoms with van der Waals surface area (Å²) < 4.78 is 5.38. The van der Waals surface area contributed by atoms with Crippen molar-refractivity contribution in [1.82, 2.24) is 0 Å². The van der Waals surface area contributed by atoms with Crippen molar-refractivity contribution in [3.63, 3.8) is 0 Å². The Labute approximate surface area is 141 Å². The van der Waals surface area contributed by atoms with Gasteiger partial charge < -0.3 is 15.4 Å². The molecule has 0 aliphatic carbocycles. The first-order valence-electron chi connectivity index (χ1n) is 7.54. The normalized spacial score (nSPS) is 11.8. The minimum absolute atomic E-state index is 0.00625. The summed E-state index contributed by atoms with van der Waals surface area (Å²) in [4.78, 5) is 13.3. The predicted molar refractivity (Wildman–Crippen MR) is 95.1 cm³/mol. The molecule has 0 saturated carbocycles. The molecule has 4 nitrogen and oxygen atoms in total. The van der Waals surface area contributed by atoms with Crippen molar-refractivity contribution >= 4 is 23.4 Å². The number of amides is 1. The summed E-state index contributed by atoms with van der Waals surface area (Å²) in [5.41, 5.74) is 1.95. The topological polar surface area (TPSA) is 54.9 Å². The van der Waals surface area contributed by atoms with Crippen LogP contribution in [0.4, 0.5) is 5.69 Å². The van der Waals surface area contributed by atoms with Gasteiger partial charge in [0.05, 0.1) is 18.4 Å². The number of nitrogens with one attached hydrogen (secondary N) is 1. The maximum Gasteiger partial charge on any atom is 0.279 e. The zero-order valence-electron chi connectivity index (χ0n) is 13.7. The van der Waals surface area contributed by atoms with Gasteiger partial charge in [0.2, 0.25) is 0 Å². The highest BCUT2D eigenvalue weighted by atomic mass is 32.2. The molecule has 0 radical (unpaired) electrons. The van der Waals surface area contributed by atoms with E-state index in [0.29, 0.717) is 6.54 Å². The highest BCUT2D eigenvalue weighted by Crippen LogP contribution is 2.24. The van der Waals surface area contributed by atoms with E-state index in [2.05, 4.69) is 12.2 Å². The van der Waals surface area contributed by atoms with Crippen LogP contribution in [-0.2, 0) is 4.79 Å². The van der Waals surface area contributed by atoms with Gasteiger partial charge in [-0.1, -0.05) is 24.3 Å². The summed E-state index contributed by atoms with van der Waals surface area (Å²) in [7, 11) is 1.66. The molecule has 2 rings (SSSR count). The van der Waals surface area contributed by atoms with Gasteiger partial charge in [0.25, 0.3) is 5.91 Å². The first-order chi connectivity index (χ1) is 11.2. The second-order valence-corrected chi connectivity index (χ2v) is 6.07. The van der Waals surface area contributed by atoms with Crippen LogP contribution in [0.5, 0.6) is 5.75 Å². The average Bonchev–Trinajstić information content (AvgIpc) is 2.60. The van der Waals surface area contributed by atoms with Crippen molar-refractivity contribution in [2.24, 2.45) is 0 Å². The maximum atomic E-state index is 12.2. The van der Waals surface area contributed by atoms with E-state index < -0.39 is 0 Å². The molecule has 1 atom stereocenters. The molecule has 0 bridgehead atoms. The number of nitrogens with two attached hydrogens (primary N) is 1. The van der Waals surface area contributed by atoms with Gasteiger partial charge in [-0.3, -0.25) is 4.79 Å². The lowest BCUT2D eigenvalue weighted by Crippen LogP contribution is -2.86. The zero-order chi connectivity index (χ0) is 16.7. The van der Waals surface area contributed by atoms with Gasteiger partial charge in [0, 0.05) is 4.90 Å². The Balaban J connectivity index is 1.94. The number of rotatable bonds is 7. The van der Waals surface area contributed by atoms with Crippen molar-refractivity contribution in [1.29, 1.82) is 0 Å². The molecule has 23 heavy (non-hydrogen) atoms. The summed E-state index contributed by atoms with van der Waals surface area (Å²) in [6.45, 7) is 2.43. The molecule has 0 aliphatic heterocycles. The Hall–Kier alpha value is -1.98. The zero-order valence-corrected chi connectivity index (χ0v) is 14.5. The van der Waals surface area contributed by atoms with Crippen LogP contribution in [0.3, 0.4) is 0 Å². The van der Waals surface area contributed by atoms with Crippen molar-refractivity contribution in [3.05, 3.63) is 54.1 Å². The Kier molecular flexibility index (Phi) is 6.50. The van der Waals surface area contributed by atoms with Crippen LogP contribution in [0.15, 0.2) is 53.4 Å². The second kappa shape index (κ2) is 8.60. The summed E-state index contributed by atoms with van der Waals surface area (Å²) in [5, 5.41) is 4.98. The molecule has 3 N–H and O–H groups in total. The van der Waals surface area contributed by atoms with Crippen LogP contribution in [0.2, 0.25) is 0 Å². The van der Waals surface area contributed by atoms with E-state index in [0.717, 1.165) is 21.9 Å². The molecule has 0 saturated heterocycles. The van der Waals surface area contributed by atoms with Crippen LogP contribution in [0.25, 0.3) is 0 Å². The first kappa shape index (κ1) is 17.4. The quantitative estimate of drug-likeness (QED) is 0.767. The minimum Gasteiger partial charge on any atom is -0.496 e. The third-order valence-electron chi connectivity index (χ3n) is 3.67. The SMILES string of the molecule is COc1ccccc1[C@H](C)[NH2+]CC(=O)Nc1ccccc1SC. The minimum atomic E-state index is -0.00625. The van der Waals surface area contributed by atoms with Crippen LogP contribution in [-0.4, -0.2) is 25.8 Å². The van der Waals surface area contributed by atoms with Gasteiger partial charge >= 0.3 is 0 Å². The lowest BCUT2D eigenvalue weighted by Gasteiger charge is -2.14. The number of benzene rings is 2. The summed E-state index contributed by atoms with van der Waals surface area (Å²) in [6, 6.07) is 15.9. The van der Waals surface area contributed by atoms with Gasteiger partial charge in [0.1, 0.15) is 11.8 Å². The number of hydrogen-bond donors (Lipinski definition) is 2. The van der Waals surface area contributed by atoms with Gasteiger partial charge in [-0.05, 0) is 37.4 Å². The Morgan fingerprint density at radius 3 is 2.65 bits per heavy atom. The summed E-state index contributed by atoms with van der Waals surface area (Å²) in [6.07, 6.45) is 2.00. The number of methoxy groups -OCH3 is 1. The molecular weight excluding hydrogens is 308 g/mol. The van der Waals surface area contributed by atoms with Gasteiger partial charge in [0.15, 0.2) is 6.54 Å². The number of carbonyl (C=O) groups excluding carboxylic acids is 1. The number of thioether (sulfide) groups is 1. The van der Waals surface area contributed by atoms with E-state index in [1.807, 2.05) is 60.1 Å². The second-order valence-electron chi connectivity index (χ2n) is 5.22. The van der Waals surface area contributed by atoms with Gasteiger partial charge in [-0.25, -0.2) is 0 Å². The van der Waals surface area contributed by atoms with E-state index in [1.165, 1.54) is 0 Å². The van der Waals surface area contributed by atoms with E-state index in [4.69, 9.17) is 4.74 Å². The fraction of sp³-hybridized carbons (Fsp3) is 0.278. The number of carbonyl (C=O) groups is 1. The van der Waals surface area contributed by atoms with Crippen LogP contribution in [0.1, 0.15) is 18.5 Å². The lowest BCUT2D eigenvalue weighted by atomic mass is 10.1. The summed E-state index contributed by atoms with van der Waals surface area (Å²) >= 11 is 1.62. The van der Waals surface area contributed by atoms with Gasteiger partial charge in [-0.15, -0.1) is 11.8 Å². The lowest BCUT2D eigenvalue weighted by molar-refractivity contribution is -0.682. The molecule has 2 aromatic rings. The van der Waals surface area contributed by atoms with Crippen molar-refractivity contribution in [2.45, 2.75) is 17.9 Å². The van der Waals surface area contributed by atoms with E-state index in [-0.39, 0.29) is 11.9 Å². The molecule has 2 aromatic carbocycles. The number of anilines is 1. The Morgan fingerprint density at radius 1 is 1.22 bits per heavy atom. The largest absolute Gasteiger partial charge is 0.496 e. The van der Waals surface area contributed by atoms with E-state index in [1.54, 1.807) is 18.9 Å². The molecule has 0 heterocycles. The Bertz CT molecular complexity index is 661. The van der Waals surface area contributed by atoms with Crippen LogP contribution in [0, 0.1) is 0 Å². The number of ether oxygens (including phenoxy) is 1. The third-order valence-corrected chi connectivity index (χ3v) is 4.46. The molecule has 0 spiro atoms. The molecule has 122 valence electrons. The highest BCUT2D eigenvalue weighted by molar-refractivity contribution is 7.98. The molecule has 1 amide bonds. The molecular formula is C18H23N2O2S+. The maximum absolute atomic E-state index is 12.2. The van der Waals surface area contributed by atoms with Crippen LogP contribution >= 0.6 is 11.8 Å². The molecule has 5 heteroatoms. The monoisotopic (exact) mass is 331 g/mol. The fourth-order valence-electron chi connectivity index (χ4n) is 2.40. The number of para-hydroxylation sites is 2. The summed E-state index contributed by atoms with van der Waals surface area (Å²) in [5.74, 6) is 0.845. The number of hydrogen-bond acceptors (Lipinski definition) is 3. The number of quaternary nitrogens is 1. The predicted octanol–water partition coefficient (Wildman–Crippen LogP) is 2.68. The smallest absolute Gasteiger partial charge is 0.279 e. The van der Waals surface area contributed by atoms with Crippen LogP contribution < -0.4 is 15.4 Å². The molecule has 0 fully saturated rings. The molecule has 0 unspecified atom stereocenters. The standard InChI is InChI=1S/C18H22N2O2S/c1-13(14-8-4-6-10-16(14)22-2)19-12-18(21)20-15-9-5-7-11-17(15)23-3/h4-11,13,19H,12H2,1-3H3,(H,20,21)/p+1/t13-/m0/s1. The Morgan fingerprint density at radius 2 is 1.91 bits per heavy atom. The highest BCUT2D eigenvalue weighted by Gasteiger charge is 2.15. The van der Waals surface area contributed by atoms with E-state index >= 15 is 0 Å². The fourth-order valence-corrected chi connectivity index (χ4v) is 2.96. The van der Waals surface area contributed by atoms with Crippen molar-refractivity contribution in [3.8, 4) is 5.75 Å². The third kappa shape index (κ3) is 4.74. The van der Waals surface area contributed by atoms with Crippen molar-refractivity contribution < 1.29 is 14.8 Å². The first-order valence-corrected chi connectivity index (χ1v) is 8.77.